The van der Waals surface area contributed by atoms with Crippen molar-refractivity contribution < 1.29 is 28.6 Å². The fourth-order valence-electron chi connectivity index (χ4n) is 5.84. The van der Waals surface area contributed by atoms with Crippen LogP contribution in [0.2, 0.25) is 0 Å². The number of dihydropyridines is 1. The molecule has 7 heteroatoms. The first-order valence-electron chi connectivity index (χ1n) is 13.1. The zero-order valence-corrected chi connectivity index (χ0v) is 21.7. The van der Waals surface area contributed by atoms with Crippen LogP contribution in [-0.4, -0.2) is 37.5 Å². The van der Waals surface area contributed by atoms with Crippen molar-refractivity contribution in [2.45, 2.75) is 77.7 Å². The molecule has 36 heavy (non-hydrogen) atoms. The predicted octanol–water partition coefficient (Wildman–Crippen LogP) is 4.96. The van der Waals surface area contributed by atoms with Crippen molar-refractivity contribution in [2.24, 2.45) is 11.8 Å². The molecule has 3 aliphatic rings. The Morgan fingerprint density at radius 3 is 2.44 bits per heavy atom. The molecule has 4 rings (SSSR count). The highest BCUT2D eigenvalue weighted by atomic mass is 16.5. The van der Waals surface area contributed by atoms with E-state index in [1.165, 1.54) is 7.11 Å². The van der Waals surface area contributed by atoms with Gasteiger partial charge in [-0.1, -0.05) is 38.0 Å². The summed E-state index contributed by atoms with van der Waals surface area (Å²) in [6.45, 7) is 6.06. The summed E-state index contributed by atoms with van der Waals surface area (Å²) < 4.78 is 17.0. The Balaban J connectivity index is 1.81. The maximum absolute atomic E-state index is 13.9. The molecule has 1 fully saturated rings. The number of allylic oxidation sites excluding steroid dienone is 3. The molecule has 1 heterocycles. The molecule has 2 aliphatic carbocycles. The van der Waals surface area contributed by atoms with Gasteiger partial charge in [0.25, 0.3) is 0 Å². The lowest BCUT2D eigenvalue weighted by atomic mass is 9.69. The lowest BCUT2D eigenvalue weighted by molar-refractivity contribution is -0.151. The third-order valence-corrected chi connectivity index (χ3v) is 7.57. The van der Waals surface area contributed by atoms with Gasteiger partial charge in [0, 0.05) is 22.5 Å². The quantitative estimate of drug-likeness (QED) is 0.339. The zero-order valence-electron chi connectivity index (χ0n) is 21.7. The van der Waals surface area contributed by atoms with E-state index in [1.807, 2.05) is 45.0 Å². The van der Waals surface area contributed by atoms with Crippen LogP contribution in [0.5, 0.6) is 5.75 Å². The molecule has 0 radical (unpaired) electrons. The van der Waals surface area contributed by atoms with Crippen molar-refractivity contribution in [3.63, 3.8) is 0 Å². The van der Waals surface area contributed by atoms with Crippen LogP contribution in [-0.2, 0) is 23.9 Å². The van der Waals surface area contributed by atoms with Gasteiger partial charge in [0.05, 0.1) is 25.2 Å². The van der Waals surface area contributed by atoms with Crippen molar-refractivity contribution in [1.82, 2.24) is 5.32 Å². The second-order valence-electron chi connectivity index (χ2n) is 10.0. The Labute approximate surface area is 213 Å². The van der Waals surface area contributed by atoms with E-state index in [2.05, 4.69) is 5.32 Å². The average Bonchev–Trinajstić information content (AvgIpc) is 3.12. The third kappa shape index (κ3) is 5.06. The summed E-state index contributed by atoms with van der Waals surface area (Å²) in [6, 6.07) is 7.47. The molecule has 0 unspecified atom stereocenters. The van der Waals surface area contributed by atoms with Crippen LogP contribution in [0.4, 0.5) is 0 Å². The van der Waals surface area contributed by atoms with Gasteiger partial charge >= 0.3 is 11.9 Å². The second-order valence-corrected chi connectivity index (χ2v) is 10.0. The first-order chi connectivity index (χ1) is 17.4. The third-order valence-electron chi connectivity index (χ3n) is 7.57. The number of rotatable bonds is 6. The van der Waals surface area contributed by atoms with Gasteiger partial charge in [0.15, 0.2) is 5.78 Å². The van der Waals surface area contributed by atoms with Gasteiger partial charge < -0.3 is 19.5 Å². The van der Waals surface area contributed by atoms with Crippen molar-refractivity contribution in [1.29, 1.82) is 0 Å². The van der Waals surface area contributed by atoms with Crippen molar-refractivity contribution in [2.75, 3.05) is 13.7 Å². The average molecular weight is 496 g/mol. The SMILES string of the molecule is CCOc1ccccc1[C@H]1C(C(=O)OC2CCCCCC2)=C(C)NC2=C1C(=O)[C@@H](C(=O)OC)[C@H](C)C2. The molecule has 0 bridgehead atoms. The predicted molar refractivity (Wildman–Crippen MR) is 135 cm³/mol. The number of Topliss-reactive ketones (excluding diaryl/α,β-unsaturated/α-hetero) is 1. The maximum atomic E-state index is 13.9. The number of ketones is 1. The van der Waals surface area contributed by atoms with Gasteiger partial charge in [-0.2, -0.15) is 0 Å². The van der Waals surface area contributed by atoms with Crippen LogP contribution in [0.15, 0.2) is 46.8 Å². The number of nitrogens with one attached hydrogen (secondary N) is 1. The number of methoxy groups -OCH3 is 1. The number of benzene rings is 1. The van der Waals surface area contributed by atoms with Crippen molar-refractivity contribution in [3.8, 4) is 5.75 Å². The lowest BCUT2D eigenvalue weighted by Crippen LogP contribution is -2.43. The summed E-state index contributed by atoms with van der Waals surface area (Å²) in [5, 5.41) is 3.33. The van der Waals surface area contributed by atoms with E-state index >= 15 is 0 Å². The van der Waals surface area contributed by atoms with Crippen molar-refractivity contribution >= 4 is 17.7 Å². The Hall–Kier alpha value is -3.09. The minimum atomic E-state index is -0.921. The summed E-state index contributed by atoms with van der Waals surface area (Å²) in [7, 11) is 1.30. The molecule has 0 amide bonds. The second kappa shape index (κ2) is 11.3. The van der Waals surface area contributed by atoms with E-state index in [0.717, 1.165) is 44.2 Å². The smallest absolute Gasteiger partial charge is 0.337 e. The first-order valence-corrected chi connectivity index (χ1v) is 13.1. The summed E-state index contributed by atoms with van der Waals surface area (Å²) in [5.74, 6) is -2.53. The fourth-order valence-corrected chi connectivity index (χ4v) is 5.84. The Kier molecular flexibility index (Phi) is 8.17. The molecule has 1 aliphatic heterocycles. The van der Waals surface area contributed by atoms with E-state index in [9.17, 15) is 14.4 Å². The Bertz CT molecular complexity index is 1080. The van der Waals surface area contributed by atoms with E-state index < -0.39 is 23.8 Å². The molecule has 3 atom stereocenters. The number of ether oxygens (including phenoxy) is 3. The van der Waals surface area contributed by atoms with E-state index in [4.69, 9.17) is 14.2 Å². The van der Waals surface area contributed by atoms with Gasteiger partial charge in [-0.15, -0.1) is 0 Å². The van der Waals surface area contributed by atoms with Gasteiger partial charge in [0.1, 0.15) is 17.8 Å². The highest BCUT2D eigenvalue weighted by Crippen LogP contribution is 2.47. The van der Waals surface area contributed by atoms with Crippen LogP contribution >= 0.6 is 0 Å². The van der Waals surface area contributed by atoms with Crippen LogP contribution < -0.4 is 10.1 Å². The molecule has 7 nitrogen and oxygen atoms in total. The summed E-state index contributed by atoms with van der Waals surface area (Å²) in [5.41, 5.74) is 2.95. The molecule has 1 N–H and O–H groups in total. The van der Waals surface area contributed by atoms with Crippen molar-refractivity contribution in [3.05, 3.63) is 52.4 Å². The van der Waals surface area contributed by atoms with E-state index in [-0.39, 0.29) is 17.8 Å². The summed E-state index contributed by atoms with van der Waals surface area (Å²) in [4.78, 5) is 40.3. The number of esters is 2. The van der Waals surface area contributed by atoms with Crippen LogP contribution in [0.25, 0.3) is 0 Å². The van der Waals surface area contributed by atoms with E-state index in [1.54, 1.807) is 0 Å². The molecule has 0 saturated heterocycles. The number of hydrogen-bond donors (Lipinski definition) is 1. The molecule has 0 aromatic heterocycles. The zero-order chi connectivity index (χ0) is 25.8. The Morgan fingerprint density at radius 2 is 1.78 bits per heavy atom. The van der Waals surface area contributed by atoms with Gasteiger partial charge in [-0.25, -0.2) is 4.79 Å². The molecule has 1 saturated carbocycles. The molecular formula is C29H37NO6. The number of hydrogen-bond acceptors (Lipinski definition) is 7. The topological polar surface area (TPSA) is 90.9 Å². The van der Waals surface area contributed by atoms with Gasteiger partial charge in [-0.3, -0.25) is 9.59 Å². The summed E-state index contributed by atoms with van der Waals surface area (Å²) in [6.07, 6.45) is 6.44. The fraction of sp³-hybridized carbons (Fsp3) is 0.552. The highest BCUT2D eigenvalue weighted by Gasteiger charge is 2.48. The lowest BCUT2D eigenvalue weighted by Gasteiger charge is -2.38. The monoisotopic (exact) mass is 495 g/mol. The maximum Gasteiger partial charge on any atom is 0.337 e. The number of carbonyl (C=O) groups excluding carboxylic acids is 3. The molecule has 1 aromatic rings. The standard InChI is InChI=1S/C29H37NO6/c1-5-35-22-15-11-10-14-20(22)25-24(29(33)36-19-12-8-6-7-9-13-19)18(3)30-21-16-17(2)23(28(32)34-4)27(31)26(21)25/h10-11,14-15,17,19,23,25,30H,5-9,12-13,16H2,1-4H3/t17-,23+,25+/m1/s1. The largest absolute Gasteiger partial charge is 0.494 e. The molecular weight excluding hydrogens is 458 g/mol. The minimum Gasteiger partial charge on any atom is -0.494 e. The van der Waals surface area contributed by atoms with Crippen LogP contribution in [0, 0.1) is 11.8 Å². The van der Waals surface area contributed by atoms with Crippen LogP contribution in [0.3, 0.4) is 0 Å². The summed E-state index contributed by atoms with van der Waals surface area (Å²) >= 11 is 0. The highest BCUT2D eigenvalue weighted by molar-refractivity contribution is 6.12. The number of carbonyl (C=O) groups is 3. The molecule has 1 aromatic carbocycles. The van der Waals surface area contributed by atoms with E-state index in [0.29, 0.717) is 41.2 Å². The molecule has 0 spiro atoms. The molecule has 194 valence electrons. The normalized spacial score (nSPS) is 25.0. The van der Waals surface area contributed by atoms with Gasteiger partial charge in [-0.05, 0) is 57.9 Å². The first kappa shape index (κ1) is 26.0. The van der Waals surface area contributed by atoms with Crippen LogP contribution in [0.1, 0.15) is 77.2 Å². The minimum absolute atomic E-state index is 0.136. The number of para-hydroxylation sites is 1. The Morgan fingerprint density at radius 1 is 1.08 bits per heavy atom. The van der Waals surface area contributed by atoms with Gasteiger partial charge in [0.2, 0.25) is 0 Å².